The van der Waals surface area contributed by atoms with E-state index in [1.54, 1.807) is 6.07 Å². The lowest BCUT2D eigenvalue weighted by molar-refractivity contribution is -0.383. The molecule has 2 unspecified atom stereocenters. The van der Waals surface area contributed by atoms with Gasteiger partial charge in [-0.05, 0) is 36.8 Å². The van der Waals surface area contributed by atoms with Gasteiger partial charge in [-0.2, -0.15) is 0 Å². The summed E-state index contributed by atoms with van der Waals surface area (Å²) in [6.45, 7) is 1.86. The number of hydrogen-bond donors (Lipinski definition) is 2. The van der Waals surface area contributed by atoms with Crippen molar-refractivity contribution in [3.8, 4) is 0 Å². The average Bonchev–Trinajstić information content (AvgIpc) is 2.98. The maximum Gasteiger partial charge on any atom is 0.316 e. The average molecular weight is 262 g/mol. The predicted octanol–water partition coefficient (Wildman–Crippen LogP) is 2.12. The van der Waals surface area contributed by atoms with E-state index in [0.29, 0.717) is 23.2 Å². The molecule has 1 aliphatic heterocycles. The molecule has 0 spiro atoms. The largest absolute Gasteiger partial charge is 0.365 e. The van der Waals surface area contributed by atoms with E-state index in [0.717, 1.165) is 13.1 Å². The minimum atomic E-state index is -0.349. The molecule has 0 bridgehead atoms. The first kappa shape index (κ1) is 12.2. The van der Waals surface area contributed by atoms with Crippen molar-refractivity contribution in [2.45, 2.75) is 19.3 Å². The Hall–Kier alpha value is -1.82. The third kappa shape index (κ3) is 2.02. The molecule has 3 rings (SSSR count). The summed E-state index contributed by atoms with van der Waals surface area (Å²) in [5.74, 6) is 6.78. The molecule has 0 radical (unpaired) electrons. The fourth-order valence-electron chi connectivity index (χ4n) is 3.53. The Kier molecular flexibility index (Phi) is 3.02. The fraction of sp³-hybridized carbons (Fsp3) is 0.538. The Morgan fingerprint density at radius 2 is 2.00 bits per heavy atom. The molecule has 1 aromatic rings. The van der Waals surface area contributed by atoms with Gasteiger partial charge in [-0.15, -0.1) is 0 Å². The van der Waals surface area contributed by atoms with Crippen molar-refractivity contribution < 1.29 is 4.92 Å². The van der Waals surface area contributed by atoms with Crippen LogP contribution in [0.5, 0.6) is 0 Å². The normalized spacial score (nSPS) is 25.4. The Morgan fingerprint density at radius 3 is 2.58 bits per heavy atom. The van der Waals surface area contributed by atoms with Crippen LogP contribution in [0.4, 0.5) is 17.1 Å². The van der Waals surface area contributed by atoms with E-state index in [4.69, 9.17) is 5.84 Å². The van der Waals surface area contributed by atoms with Gasteiger partial charge < -0.3 is 10.3 Å². The topological polar surface area (TPSA) is 84.4 Å². The van der Waals surface area contributed by atoms with Crippen LogP contribution in [0.1, 0.15) is 19.3 Å². The number of fused-ring (bicyclic) bond motifs is 1. The third-order valence-electron chi connectivity index (χ3n) is 4.42. The van der Waals surface area contributed by atoms with Gasteiger partial charge in [0.25, 0.3) is 0 Å². The summed E-state index contributed by atoms with van der Waals surface area (Å²) < 4.78 is 0. The van der Waals surface area contributed by atoms with Crippen LogP contribution in [0.3, 0.4) is 0 Å². The minimum absolute atomic E-state index is 0.0879. The maximum atomic E-state index is 11.3. The molecule has 1 aliphatic carbocycles. The molecule has 1 aromatic carbocycles. The second-order valence-corrected chi connectivity index (χ2v) is 5.43. The summed E-state index contributed by atoms with van der Waals surface area (Å²) in [7, 11) is 0. The summed E-state index contributed by atoms with van der Waals surface area (Å²) in [4.78, 5) is 13.1. The van der Waals surface area contributed by atoms with E-state index in [1.165, 1.54) is 19.3 Å². The number of hydrogen-bond acceptors (Lipinski definition) is 5. The van der Waals surface area contributed by atoms with Crippen molar-refractivity contribution in [1.82, 2.24) is 0 Å². The summed E-state index contributed by atoms with van der Waals surface area (Å²) in [6, 6.07) is 5.27. The van der Waals surface area contributed by atoms with Gasteiger partial charge >= 0.3 is 5.69 Å². The second-order valence-electron chi connectivity index (χ2n) is 5.43. The lowest BCUT2D eigenvalue weighted by Gasteiger charge is -2.20. The van der Waals surface area contributed by atoms with Crippen molar-refractivity contribution in [1.29, 1.82) is 0 Å². The molecule has 19 heavy (non-hydrogen) atoms. The van der Waals surface area contributed by atoms with Crippen LogP contribution in [-0.2, 0) is 0 Å². The number of nitrogen functional groups attached to an aromatic ring is 1. The zero-order chi connectivity index (χ0) is 13.4. The first-order chi connectivity index (χ1) is 9.20. The number of nitrogens with zero attached hydrogens (tertiary/aromatic N) is 2. The zero-order valence-electron chi connectivity index (χ0n) is 10.7. The number of rotatable bonds is 3. The number of anilines is 2. The molecule has 1 saturated heterocycles. The molecular weight excluding hydrogens is 244 g/mol. The highest BCUT2D eigenvalue weighted by atomic mass is 16.6. The number of para-hydroxylation sites is 1. The fourth-order valence-corrected chi connectivity index (χ4v) is 3.53. The van der Waals surface area contributed by atoms with Crippen molar-refractivity contribution >= 4 is 17.1 Å². The van der Waals surface area contributed by atoms with Crippen LogP contribution in [0, 0.1) is 22.0 Å². The Morgan fingerprint density at radius 1 is 1.32 bits per heavy atom. The standard InChI is InChI=1S/C13H18N4O2/c14-15-11-5-2-6-12(13(11)17(18)19)16-7-9-3-1-4-10(9)8-16/h2,5-6,9-10,15H,1,3-4,7-8,14H2. The first-order valence-corrected chi connectivity index (χ1v) is 6.69. The number of hydrazine groups is 1. The number of nitro groups is 1. The van der Waals surface area contributed by atoms with Crippen LogP contribution in [0.15, 0.2) is 18.2 Å². The molecule has 6 nitrogen and oxygen atoms in total. The first-order valence-electron chi connectivity index (χ1n) is 6.69. The lowest BCUT2D eigenvalue weighted by atomic mass is 10.0. The molecule has 2 aliphatic rings. The van der Waals surface area contributed by atoms with Gasteiger partial charge in [-0.25, -0.2) is 0 Å². The molecule has 102 valence electrons. The smallest absolute Gasteiger partial charge is 0.316 e. The lowest BCUT2D eigenvalue weighted by Crippen LogP contribution is -2.22. The van der Waals surface area contributed by atoms with Crippen LogP contribution < -0.4 is 16.2 Å². The molecule has 0 aromatic heterocycles. The summed E-state index contributed by atoms with van der Waals surface area (Å²) >= 11 is 0. The van der Waals surface area contributed by atoms with Gasteiger partial charge in [-0.3, -0.25) is 16.0 Å². The molecule has 3 N–H and O–H groups in total. The van der Waals surface area contributed by atoms with E-state index in [2.05, 4.69) is 10.3 Å². The van der Waals surface area contributed by atoms with Crippen molar-refractivity contribution in [3.05, 3.63) is 28.3 Å². The van der Waals surface area contributed by atoms with Gasteiger partial charge in [0.2, 0.25) is 0 Å². The summed E-state index contributed by atoms with van der Waals surface area (Å²) in [5, 5.41) is 11.3. The highest BCUT2D eigenvalue weighted by Crippen LogP contribution is 2.43. The monoisotopic (exact) mass is 262 g/mol. The van der Waals surface area contributed by atoms with E-state index in [1.807, 2.05) is 12.1 Å². The molecule has 2 fully saturated rings. The van der Waals surface area contributed by atoms with Crippen LogP contribution in [0.2, 0.25) is 0 Å². The molecule has 0 amide bonds. The number of nitrogens with two attached hydrogens (primary N) is 1. The van der Waals surface area contributed by atoms with Gasteiger partial charge in [0.15, 0.2) is 0 Å². The number of nitro benzene ring substituents is 1. The Balaban J connectivity index is 1.94. The second kappa shape index (κ2) is 4.70. The molecule has 6 heteroatoms. The van der Waals surface area contributed by atoms with E-state index >= 15 is 0 Å². The van der Waals surface area contributed by atoms with Crippen molar-refractivity contribution in [2.24, 2.45) is 17.7 Å². The van der Waals surface area contributed by atoms with Gasteiger partial charge in [0, 0.05) is 13.1 Å². The van der Waals surface area contributed by atoms with Crippen LogP contribution >= 0.6 is 0 Å². The van der Waals surface area contributed by atoms with Crippen LogP contribution in [-0.4, -0.2) is 18.0 Å². The predicted molar refractivity (Wildman–Crippen MR) is 74.0 cm³/mol. The Bertz CT molecular complexity index is 493. The quantitative estimate of drug-likeness (QED) is 0.495. The van der Waals surface area contributed by atoms with Gasteiger partial charge in [-0.1, -0.05) is 12.5 Å². The Labute approximate surface area is 111 Å². The van der Waals surface area contributed by atoms with Crippen molar-refractivity contribution in [2.75, 3.05) is 23.4 Å². The van der Waals surface area contributed by atoms with E-state index in [-0.39, 0.29) is 10.6 Å². The molecular formula is C13H18N4O2. The number of nitrogens with one attached hydrogen (secondary N) is 1. The molecule has 1 saturated carbocycles. The minimum Gasteiger partial charge on any atom is -0.365 e. The summed E-state index contributed by atoms with van der Waals surface area (Å²) in [5.41, 5.74) is 3.58. The SMILES string of the molecule is NNc1cccc(N2CC3CCCC3C2)c1[N+](=O)[O-]. The van der Waals surface area contributed by atoms with Crippen molar-refractivity contribution in [3.63, 3.8) is 0 Å². The molecule has 2 atom stereocenters. The number of benzene rings is 1. The highest BCUT2D eigenvalue weighted by Gasteiger charge is 2.38. The van der Waals surface area contributed by atoms with E-state index in [9.17, 15) is 10.1 Å². The zero-order valence-corrected chi connectivity index (χ0v) is 10.7. The van der Waals surface area contributed by atoms with Gasteiger partial charge in [0.05, 0.1) is 4.92 Å². The highest BCUT2D eigenvalue weighted by molar-refractivity contribution is 5.77. The summed E-state index contributed by atoms with van der Waals surface area (Å²) in [6.07, 6.45) is 3.81. The van der Waals surface area contributed by atoms with Crippen LogP contribution in [0.25, 0.3) is 0 Å². The maximum absolute atomic E-state index is 11.3. The third-order valence-corrected chi connectivity index (χ3v) is 4.42. The van der Waals surface area contributed by atoms with E-state index < -0.39 is 0 Å². The molecule has 1 heterocycles. The van der Waals surface area contributed by atoms with Gasteiger partial charge in [0.1, 0.15) is 11.4 Å².